The van der Waals surface area contributed by atoms with Gasteiger partial charge in [-0.05, 0) is 18.9 Å². The Balaban J connectivity index is 1.84. The molecule has 23 heavy (non-hydrogen) atoms. The summed E-state index contributed by atoms with van der Waals surface area (Å²) in [6.45, 7) is 4.32. The van der Waals surface area contributed by atoms with Gasteiger partial charge in [-0.25, -0.2) is 4.79 Å². The van der Waals surface area contributed by atoms with Crippen LogP contribution in [0.25, 0.3) is 0 Å². The molecule has 0 bridgehead atoms. The van der Waals surface area contributed by atoms with Crippen LogP contribution in [0.15, 0.2) is 36.3 Å². The van der Waals surface area contributed by atoms with Crippen molar-refractivity contribution >= 4 is 11.9 Å². The van der Waals surface area contributed by atoms with Gasteiger partial charge in [-0.15, -0.1) is 0 Å². The molecule has 1 amide bonds. The molecule has 1 atom stereocenters. The molecular weight excluding hydrogens is 298 g/mol. The van der Waals surface area contributed by atoms with Gasteiger partial charge in [-0.3, -0.25) is 4.79 Å². The molecule has 1 aliphatic heterocycles. The van der Waals surface area contributed by atoms with Crippen LogP contribution >= 0.6 is 0 Å². The van der Waals surface area contributed by atoms with Crippen molar-refractivity contribution in [1.82, 2.24) is 5.32 Å². The second-order valence-corrected chi connectivity index (χ2v) is 5.22. The number of carbonyl (C=O) groups is 2. The Morgan fingerprint density at radius 1 is 1.26 bits per heavy atom. The highest BCUT2D eigenvalue weighted by molar-refractivity contribution is 5.88. The third kappa shape index (κ3) is 5.02. The van der Waals surface area contributed by atoms with Crippen LogP contribution in [0.3, 0.4) is 0 Å². The van der Waals surface area contributed by atoms with Gasteiger partial charge in [0, 0.05) is 0 Å². The second kappa shape index (κ2) is 8.22. The van der Waals surface area contributed by atoms with E-state index in [1.165, 1.54) is 6.26 Å². The first-order chi connectivity index (χ1) is 11.1. The van der Waals surface area contributed by atoms with Crippen molar-refractivity contribution in [2.45, 2.75) is 26.3 Å². The third-order valence-electron chi connectivity index (χ3n) is 3.41. The van der Waals surface area contributed by atoms with Gasteiger partial charge >= 0.3 is 5.97 Å². The number of rotatable bonds is 6. The van der Waals surface area contributed by atoms with E-state index in [-0.39, 0.29) is 24.3 Å². The number of hydrogen-bond acceptors (Lipinski definition) is 5. The minimum Gasteiger partial charge on any atom is -0.493 e. The van der Waals surface area contributed by atoms with Gasteiger partial charge in [0.15, 0.2) is 6.61 Å². The van der Waals surface area contributed by atoms with Crippen molar-refractivity contribution in [1.29, 1.82) is 0 Å². The number of esters is 1. The van der Waals surface area contributed by atoms with Gasteiger partial charge in [0.05, 0.1) is 6.04 Å². The van der Waals surface area contributed by atoms with Gasteiger partial charge < -0.3 is 19.5 Å². The van der Waals surface area contributed by atoms with Crippen LogP contribution in [0.4, 0.5) is 0 Å². The van der Waals surface area contributed by atoms with Gasteiger partial charge in [0.1, 0.15) is 19.5 Å². The van der Waals surface area contributed by atoms with Crippen molar-refractivity contribution in [3.63, 3.8) is 0 Å². The zero-order valence-corrected chi connectivity index (χ0v) is 13.3. The van der Waals surface area contributed by atoms with Crippen LogP contribution in [0.5, 0.6) is 0 Å². The zero-order valence-electron chi connectivity index (χ0n) is 13.3. The number of nitrogens with one attached hydrogen (secondary N) is 1. The van der Waals surface area contributed by atoms with Crippen molar-refractivity contribution in [3.05, 3.63) is 47.4 Å². The van der Waals surface area contributed by atoms with E-state index >= 15 is 0 Å². The molecule has 0 unspecified atom stereocenters. The molecule has 1 aromatic rings. The molecule has 0 aromatic heterocycles. The summed E-state index contributed by atoms with van der Waals surface area (Å²) in [5.74, 6) is -1.08. The molecule has 6 heteroatoms. The SMILES string of the molecule is CC[C@H](NC(=O)COC(=O)C1=COCCO1)c1ccc(C)cc1. The predicted octanol–water partition coefficient (Wildman–Crippen LogP) is 1.99. The summed E-state index contributed by atoms with van der Waals surface area (Å²) in [5, 5.41) is 2.85. The lowest BCUT2D eigenvalue weighted by atomic mass is 10.0. The van der Waals surface area contributed by atoms with E-state index in [9.17, 15) is 9.59 Å². The fraction of sp³-hybridized carbons (Fsp3) is 0.412. The number of aryl methyl sites for hydroxylation is 1. The summed E-state index contributed by atoms with van der Waals surface area (Å²) in [7, 11) is 0. The molecule has 0 spiro atoms. The molecule has 2 rings (SSSR count). The highest BCUT2D eigenvalue weighted by atomic mass is 16.6. The summed E-state index contributed by atoms with van der Waals surface area (Å²) in [4.78, 5) is 23.6. The minimum absolute atomic E-state index is 0.0189. The molecule has 0 aliphatic carbocycles. The summed E-state index contributed by atoms with van der Waals surface area (Å²) in [6.07, 6.45) is 1.94. The third-order valence-corrected chi connectivity index (χ3v) is 3.41. The molecule has 0 fully saturated rings. The van der Waals surface area contributed by atoms with Crippen LogP contribution in [0.1, 0.15) is 30.5 Å². The quantitative estimate of drug-likeness (QED) is 0.812. The largest absolute Gasteiger partial charge is 0.493 e. The minimum atomic E-state index is -0.705. The van der Waals surface area contributed by atoms with Gasteiger partial charge in [-0.2, -0.15) is 0 Å². The first-order valence-corrected chi connectivity index (χ1v) is 7.57. The lowest BCUT2D eigenvalue weighted by Crippen LogP contribution is -2.32. The standard InChI is InChI=1S/C17H21NO5/c1-3-14(13-6-4-12(2)5-7-13)18-16(19)11-23-17(20)15-10-21-8-9-22-15/h4-7,10,14H,3,8-9,11H2,1-2H3,(H,18,19)/t14-/m0/s1. The fourth-order valence-corrected chi connectivity index (χ4v) is 2.13. The Bertz CT molecular complexity index is 579. The molecular formula is C17H21NO5. The Morgan fingerprint density at radius 3 is 2.61 bits per heavy atom. The smallest absolute Gasteiger partial charge is 0.377 e. The monoisotopic (exact) mass is 319 g/mol. The lowest BCUT2D eigenvalue weighted by molar-refractivity contribution is -0.149. The maximum atomic E-state index is 12.0. The van der Waals surface area contributed by atoms with Crippen molar-refractivity contribution in [2.24, 2.45) is 0 Å². The summed E-state index contributed by atoms with van der Waals surface area (Å²) in [6, 6.07) is 7.84. The van der Waals surface area contributed by atoms with Gasteiger partial charge in [-0.1, -0.05) is 36.8 Å². The number of amides is 1. The highest BCUT2D eigenvalue weighted by Gasteiger charge is 2.19. The van der Waals surface area contributed by atoms with E-state index in [0.717, 1.165) is 17.5 Å². The van der Waals surface area contributed by atoms with Crippen LogP contribution in [0, 0.1) is 6.92 Å². The predicted molar refractivity (Wildman–Crippen MR) is 83.3 cm³/mol. The fourth-order valence-electron chi connectivity index (χ4n) is 2.13. The first kappa shape index (κ1) is 16.9. The van der Waals surface area contributed by atoms with E-state index in [1.54, 1.807) is 0 Å². The zero-order chi connectivity index (χ0) is 16.7. The molecule has 0 radical (unpaired) electrons. The van der Waals surface area contributed by atoms with E-state index in [2.05, 4.69) is 5.32 Å². The van der Waals surface area contributed by atoms with E-state index in [4.69, 9.17) is 14.2 Å². The second-order valence-electron chi connectivity index (χ2n) is 5.22. The van der Waals surface area contributed by atoms with Crippen LogP contribution in [-0.4, -0.2) is 31.7 Å². The van der Waals surface area contributed by atoms with E-state index in [0.29, 0.717) is 13.2 Å². The first-order valence-electron chi connectivity index (χ1n) is 7.57. The average molecular weight is 319 g/mol. The normalized spacial score (nSPS) is 14.8. The number of ether oxygens (including phenoxy) is 3. The lowest BCUT2D eigenvalue weighted by Gasteiger charge is -2.18. The molecule has 1 aliphatic rings. The molecule has 1 heterocycles. The number of hydrogen-bond donors (Lipinski definition) is 1. The van der Waals surface area contributed by atoms with E-state index < -0.39 is 5.97 Å². The Kier molecular flexibility index (Phi) is 6.02. The summed E-state index contributed by atoms with van der Waals surface area (Å²) >= 11 is 0. The van der Waals surface area contributed by atoms with Gasteiger partial charge in [0.25, 0.3) is 5.91 Å². The Hall–Kier alpha value is -2.50. The number of carbonyl (C=O) groups excluding carboxylic acids is 2. The molecule has 0 saturated carbocycles. The Morgan fingerprint density at radius 2 is 2.00 bits per heavy atom. The summed E-state index contributed by atoms with van der Waals surface area (Å²) in [5.41, 5.74) is 2.18. The highest BCUT2D eigenvalue weighted by Crippen LogP contribution is 2.17. The average Bonchev–Trinajstić information content (AvgIpc) is 2.59. The molecule has 124 valence electrons. The maximum Gasteiger partial charge on any atom is 0.377 e. The molecule has 1 aromatic carbocycles. The van der Waals surface area contributed by atoms with Crippen molar-refractivity contribution in [3.8, 4) is 0 Å². The summed E-state index contributed by atoms with van der Waals surface area (Å²) < 4.78 is 15.0. The molecule has 1 N–H and O–H groups in total. The number of benzene rings is 1. The van der Waals surface area contributed by atoms with Crippen LogP contribution < -0.4 is 5.32 Å². The van der Waals surface area contributed by atoms with E-state index in [1.807, 2.05) is 38.1 Å². The Labute approximate surface area is 135 Å². The molecule has 0 saturated heterocycles. The van der Waals surface area contributed by atoms with Crippen LogP contribution in [0.2, 0.25) is 0 Å². The molecule has 6 nitrogen and oxygen atoms in total. The topological polar surface area (TPSA) is 73.9 Å². The van der Waals surface area contributed by atoms with Crippen LogP contribution in [-0.2, 0) is 23.8 Å². The van der Waals surface area contributed by atoms with Crippen molar-refractivity contribution < 1.29 is 23.8 Å². The van der Waals surface area contributed by atoms with Gasteiger partial charge in [0.2, 0.25) is 5.76 Å². The maximum absolute atomic E-state index is 12.0. The van der Waals surface area contributed by atoms with Crippen molar-refractivity contribution in [2.75, 3.05) is 19.8 Å².